The second-order valence-corrected chi connectivity index (χ2v) is 4.37. The predicted octanol–water partition coefficient (Wildman–Crippen LogP) is 1.43. The molecule has 5 nitrogen and oxygen atoms in total. The van der Waals surface area contributed by atoms with E-state index in [-0.39, 0.29) is 17.8 Å². The minimum Gasteiger partial charge on any atom is -0.505 e. The predicted molar refractivity (Wildman–Crippen MR) is 66.5 cm³/mol. The molecule has 1 fully saturated rings. The molecule has 0 aliphatic carbocycles. The standard InChI is InChI=1S/C13H18N2O3/c1-2-15(9-10-4-3-7-18-10)13(17)11-5-6-14-8-12(11)16/h5-6,8,10,16H,2-4,7,9H2,1H3. The van der Waals surface area contributed by atoms with E-state index in [1.807, 2.05) is 6.92 Å². The van der Waals surface area contributed by atoms with Crippen LogP contribution in [0.3, 0.4) is 0 Å². The maximum absolute atomic E-state index is 12.3. The fourth-order valence-corrected chi connectivity index (χ4v) is 2.13. The van der Waals surface area contributed by atoms with Crippen molar-refractivity contribution in [2.45, 2.75) is 25.9 Å². The minimum absolute atomic E-state index is 0.0757. The molecule has 1 aliphatic heterocycles. The Morgan fingerprint density at radius 3 is 3.11 bits per heavy atom. The van der Waals surface area contributed by atoms with Gasteiger partial charge < -0.3 is 14.7 Å². The van der Waals surface area contributed by atoms with Crippen LogP contribution in [-0.4, -0.2) is 46.7 Å². The van der Waals surface area contributed by atoms with Crippen LogP contribution in [0.2, 0.25) is 0 Å². The monoisotopic (exact) mass is 250 g/mol. The third-order valence-corrected chi connectivity index (χ3v) is 3.15. The van der Waals surface area contributed by atoms with E-state index in [2.05, 4.69) is 4.98 Å². The summed E-state index contributed by atoms with van der Waals surface area (Å²) in [7, 11) is 0. The number of likely N-dealkylation sites (N-methyl/N-ethyl adjacent to an activating group) is 1. The fourth-order valence-electron chi connectivity index (χ4n) is 2.13. The molecule has 18 heavy (non-hydrogen) atoms. The summed E-state index contributed by atoms with van der Waals surface area (Å²) in [6.07, 6.45) is 4.96. The third kappa shape index (κ3) is 2.79. The first-order chi connectivity index (χ1) is 8.72. The van der Waals surface area contributed by atoms with Crippen molar-refractivity contribution in [1.29, 1.82) is 0 Å². The van der Waals surface area contributed by atoms with Gasteiger partial charge in [-0.2, -0.15) is 0 Å². The largest absolute Gasteiger partial charge is 0.505 e. The van der Waals surface area contributed by atoms with Crippen LogP contribution in [0.25, 0.3) is 0 Å². The number of hydrogen-bond donors (Lipinski definition) is 1. The number of carbonyl (C=O) groups excluding carboxylic acids is 1. The van der Waals surface area contributed by atoms with Gasteiger partial charge in [-0.1, -0.05) is 0 Å². The van der Waals surface area contributed by atoms with Gasteiger partial charge in [0.25, 0.3) is 5.91 Å². The van der Waals surface area contributed by atoms with E-state index in [1.165, 1.54) is 18.5 Å². The van der Waals surface area contributed by atoms with Gasteiger partial charge in [-0.3, -0.25) is 9.78 Å². The van der Waals surface area contributed by atoms with Gasteiger partial charge >= 0.3 is 0 Å². The van der Waals surface area contributed by atoms with Crippen molar-refractivity contribution >= 4 is 5.91 Å². The van der Waals surface area contributed by atoms with E-state index >= 15 is 0 Å². The Bertz CT molecular complexity index is 416. The molecule has 0 radical (unpaired) electrons. The lowest BCUT2D eigenvalue weighted by molar-refractivity contribution is 0.0537. The third-order valence-electron chi connectivity index (χ3n) is 3.15. The van der Waals surface area contributed by atoms with Crippen LogP contribution in [0.4, 0.5) is 0 Å². The number of amides is 1. The molecule has 0 spiro atoms. The highest BCUT2D eigenvalue weighted by molar-refractivity contribution is 5.96. The smallest absolute Gasteiger partial charge is 0.257 e. The van der Waals surface area contributed by atoms with E-state index in [0.29, 0.717) is 18.7 Å². The van der Waals surface area contributed by atoms with Gasteiger partial charge in [-0.25, -0.2) is 0 Å². The number of carbonyl (C=O) groups is 1. The van der Waals surface area contributed by atoms with Gasteiger partial charge in [0.05, 0.1) is 17.9 Å². The lowest BCUT2D eigenvalue weighted by Gasteiger charge is -2.24. The minimum atomic E-state index is -0.173. The van der Waals surface area contributed by atoms with Crippen LogP contribution in [0.1, 0.15) is 30.1 Å². The molecule has 1 saturated heterocycles. The maximum Gasteiger partial charge on any atom is 0.257 e. The molecule has 1 atom stereocenters. The lowest BCUT2D eigenvalue weighted by atomic mass is 10.2. The van der Waals surface area contributed by atoms with Crippen LogP contribution >= 0.6 is 0 Å². The molecule has 2 rings (SSSR count). The summed E-state index contributed by atoms with van der Waals surface area (Å²) in [6, 6.07) is 1.54. The van der Waals surface area contributed by atoms with Crippen molar-refractivity contribution < 1.29 is 14.6 Å². The molecule has 98 valence electrons. The van der Waals surface area contributed by atoms with Crippen molar-refractivity contribution in [3.8, 4) is 5.75 Å². The summed E-state index contributed by atoms with van der Waals surface area (Å²) in [5, 5.41) is 9.64. The summed E-state index contributed by atoms with van der Waals surface area (Å²) in [4.78, 5) is 17.7. The van der Waals surface area contributed by atoms with Crippen LogP contribution in [0.15, 0.2) is 18.5 Å². The molecular formula is C13H18N2O3. The van der Waals surface area contributed by atoms with Crippen molar-refractivity contribution in [3.05, 3.63) is 24.0 Å². The molecule has 1 aliphatic rings. The Balaban J connectivity index is 2.07. The first-order valence-electron chi connectivity index (χ1n) is 6.26. The van der Waals surface area contributed by atoms with Crippen molar-refractivity contribution in [2.24, 2.45) is 0 Å². The van der Waals surface area contributed by atoms with Crippen molar-refractivity contribution in [1.82, 2.24) is 9.88 Å². The van der Waals surface area contributed by atoms with Gasteiger partial charge in [0.2, 0.25) is 0 Å². The highest BCUT2D eigenvalue weighted by Crippen LogP contribution is 2.19. The topological polar surface area (TPSA) is 62.7 Å². The van der Waals surface area contributed by atoms with E-state index in [4.69, 9.17) is 4.74 Å². The van der Waals surface area contributed by atoms with Crippen molar-refractivity contribution in [2.75, 3.05) is 19.7 Å². The lowest BCUT2D eigenvalue weighted by Crippen LogP contribution is -2.37. The number of hydrogen-bond acceptors (Lipinski definition) is 4. The molecule has 0 aromatic carbocycles. The first kappa shape index (κ1) is 12.8. The summed E-state index contributed by atoms with van der Waals surface area (Å²) in [5.74, 6) is -0.249. The van der Waals surface area contributed by atoms with E-state index < -0.39 is 0 Å². The number of aromatic hydroxyl groups is 1. The Kier molecular flexibility index (Phi) is 4.15. The van der Waals surface area contributed by atoms with Gasteiger partial charge in [0.1, 0.15) is 5.75 Å². The van der Waals surface area contributed by atoms with E-state index in [0.717, 1.165) is 19.4 Å². The number of pyridine rings is 1. The molecular weight excluding hydrogens is 232 g/mol. The molecule has 1 unspecified atom stereocenters. The highest BCUT2D eigenvalue weighted by atomic mass is 16.5. The maximum atomic E-state index is 12.3. The SMILES string of the molecule is CCN(CC1CCCO1)C(=O)c1ccncc1O. The number of ether oxygens (including phenoxy) is 1. The summed E-state index contributed by atoms with van der Waals surface area (Å²) in [5.41, 5.74) is 0.296. The second kappa shape index (κ2) is 5.82. The van der Waals surface area contributed by atoms with Crippen molar-refractivity contribution in [3.63, 3.8) is 0 Å². The Morgan fingerprint density at radius 1 is 1.67 bits per heavy atom. The zero-order valence-corrected chi connectivity index (χ0v) is 10.5. The van der Waals surface area contributed by atoms with Crippen LogP contribution in [-0.2, 0) is 4.74 Å². The first-order valence-corrected chi connectivity index (χ1v) is 6.26. The van der Waals surface area contributed by atoms with Crippen LogP contribution in [0, 0.1) is 0 Å². The van der Waals surface area contributed by atoms with Gasteiger partial charge in [0, 0.05) is 25.9 Å². The normalized spacial score (nSPS) is 18.8. The average molecular weight is 250 g/mol. The summed E-state index contributed by atoms with van der Waals surface area (Å²) < 4.78 is 5.53. The zero-order valence-electron chi connectivity index (χ0n) is 10.5. The molecule has 1 N–H and O–H groups in total. The molecule has 1 amide bonds. The Labute approximate surface area is 106 Å². The summed E-state index contributed by atoms with van der Waals surface area (Å²) in [6.45, 7) is 3.87. The van der Waals surface area contributed by atoms with E-state index in [1.54, 1.807) is 4.90 Å². The molecule has 0 bridgehead atoms. The van der Waals surface area contributed by atoms with Gasteiger partial charge in [0.15, 0.2) is 0 Å². The quantitative estimate of drug-likeness (QED) is 0.878. The number of nitrogens with zero attached hydrogens (tertiary/aromatic N) is 2. The second-order valence-electron chi connectivity index (χ2n) is 4.37. The number of rotatable bonds is 4. The molecule has 2 heterocycles. The van der Waals surface area contributed by atoms with Crippen LogP contribution in [0.5, 0.6) is 5.75 Å². The molecule has 0 saturated carbocycles. The Morgan fingerprint density at radius 2 is 2.50 bits per heavy atom. The zero-order chi connectivity index (χ0) is 13.0. The van der Waals surface area contributed by atoms with E-state index in [9.17, 15) is 9.90 Å². The number of aromatic nitrogens is 1. The molecule has 1 aromatic rings. The summed E-state index contributed by atoms with van der Waals surface area (Å²) >= 11 is 0. The fraction of sp³-hybridized carbons (Fsp3) is 0.538. The van der Waals surface area contributed by atoms with Gasteiger partial charge in [-0.15, -0.1) is 0 Å². The molecule has 1 aromatic heterocycles. The van der Waals surface area contributed by atoms with Crippen LogP contribution < -0.4 is 0 Å². The molecule has 5 heteroatoms. The average Bonchev–Trinajstić information content (AvgIpc) is 2.88. The Hall–Kier alpha value is -1.62. The highest BCUT2D eigenvalue weighted by Gasteiger charge is 2.23. The van der Waals surface area contributed by atoms with Gasteiger partial charge in [-0.05, 0) is 25.8 Å².